The Morgan fingerprint density at radius 1 is 1.15 bits per heavy atom. The van der Waals surface area contributed by atoms with Crippen molar-refractivity contribution in [3.05, 3.63) is 46.7 Å². The number of likely N-dealkylation sites (tertiary alicyclic amines) is 1. The standard InChI is InChI=1S/C22H28N2O2S/c1-4-5-20(25)24-12-11-22(16-24,21(26)23(2)3)14-17-6-8-18(9-7-17)19-10-13-27-15-19/h6-10,13,15H,4-5,11-12,14,16H2,1-3H3/t22-/m1/s1. The zero-order valence-electron chi connectivity index (χ0n) is 16.4. The molecule has 4 nitrogen and oxygen atoms in total. The highest BCUT2D eigenvalue weighted by atomic mass is 32.1. The number of hydrogen-bond acceptors (Lipinski definition) is 3. The van der Waals surface area contributed by atoms with Gasteiger partial charge in [-0.1, -0.05) is 31.2 Å². The lowest BCUT2D eigenvalue weighted by Gasteiger charge is -2.31. The van der Waals surface area contributed by atoms with Crippen LogP contribution in [0.15, 0.2) is 41.1 Å². The van der Waals surface area contributed by atoms with Crippen molar-refractivity contribution in [1.82, 2.24) is 9.80 Å². The molecule has 1 atom stereocenters. The summed E-state index contributed by atoms with van der Waals surface area (Å²) < 4.78 is 0. The first kappa shape index (κ1) is 19.6. The first-order chi connectivity index (χ1) is 12.9. The van der Waals surface area contributed by atoms with Crippen LogP contribution in [0.25, 0.3) is 11.1 Å². The molecule has 5 heteroatoms. The highest BCUT2D eigenvalue weighted by Crippen LogP contribution is 2.37. The van der Waals surface area contributed by atoms with Gasteiger partial charge in [0.05, 0.1) is 5.41 Å². The van der Waals surface area contributed by atoms with Gasteiger partial charge in [-0.3, -0.25) is 9.59 Å². The maximum absolute atomic E-state index is 13.0. The molecular formula is C22H28N2O2S. The topological polar surface area (TPSA) is 40.6 Å². The first-order valence-corrected chi connectivity index (χ1v) is 10.5. The average Bonchev–Trinajstić information content (AvgIpc) is 3.33. The van der Waals surface area contributed by atoms with Gasteiger partial charge in [-0.25, -0.2) is 0 Å². The number of carbonyl (C=O) groups is 2. The molecule has 27 heavy (non-hydrogen) atoms. The van der Waals surface area contributed by atoms with Gasteiger partial charge in [0.1, 0.15) is 0 Å². The van der Waals surface area contributed by atoms with Crippen molar-refractivity contribution >= 4 is 23.2 Å². The van der Waals surface area contributed by atoms with E-state index in [4.69, 9.17) is 0 Å². The van der Waals surface area contributed by atoms with E-state index in [0.717, 1.165) is 18.4 Å². The van der Waals surface area contributed by atoms with Crippen molar-refractivity contribution in [2.24, 2.45) is 5.41 Å². The Kier molecular flexibility index (Phi) is 6.00. The Hall–Kier alpha value is -2.14. The van der Waals surface area contributed by atoms with Gasteiger partial charge in [-0.05, 0) is 52.8 Å². The van der Waals surface area contributed by atoms with E-state index in [2.05, 4.69) is 41.1 Å². The van der Waals surface area contributed by atoms with E-state index in [-0.39, 0.29) is 11.8 Å². The van der Waals surface area contributed by atoms with E-state index in [1.54, 1.807) is 30.3 Å². The van der Waals surface area contributed by atoms with Gasteiger partial charge in [-0.2, -0.15) is 11.3 Å². The molecule has 0 saturated carbocycles. The van der Waals surface area contributed by atoms with Crippen molar-refractivity contribution < 1.29 is 9.59 Å². The second kappa shape index (κ2) is 8.26. The molecule has 2 aromatic rings. The quantitative estimate of drug-likeness (QED) is 0.753. The van der Waals surface area contributed by atoms with Gasteiger partial charge >= 0.3 is 0 Å². The number of amides is 2. The predicted octanol–water partition coefficient (Wildman–Crippen LogP) is 4.06. The molecule has 2 amide bonds. The summed E-state index contributed by atoms with van der Waals surface area (Å²) in [4.78, 5) is 29.0. The Morgan fingerprint density at radius 3 is 2.48 bits per heavy atom. The lowest BCUT2D eigenvalue weighted by molar-refractivity contribution is -0.139. The molecule has 1 fully saturated rings. The number of thiophene rings is 1. The largest absolute Gasteiger partial charge is 0.348 e. The van der Waals surface area contributed by atoms with Crippen LogP contribution < -0.4 is 0 Å². The molecule has 1 aromatic heterocycles. The molecule has 3 rings (SSSR count). The van der Waals surface area contributed by atoms with Crippen LogP contribution in [-0.2, 0) is 16.0 Å². The van der Waals surface area contributed by atoms with Crippen LogP contribution in [0, 0.1) is 5.41 Å². The fourth-order valence-corrected chi connectivity index (χ4v) is 4.63. The third kappa shape index (κ3) is 4.24. The van der Waals surface area contributed by atoms with Gasteiger partial charge in [0.2, 0.25) is 11.8 Å². The maximum Gasteiger partial charge on any atom is 0.230 e. The average molecular weight is 385 g/mol. The van der Waals surface area contributed by atoms with Crippen molar-refractivity contribution in [2.75, 3.05) is 27.2 Å². The lowest BCUT2D eigenvalue weighted by atomic mass is 9.79. The summed E-state index contributed by atoms with van der Waals surface area (Å²) in [6, 6.07) is 10.6. The molecule has 0 radical (unpaired) electrons. The minimum atomic E-state index is -0.517. The van der Waals surface area contributed by atoms with Crippen molar-refractivity contribution in [3.8, 4) is 11.1 Å². The minimum Gasteiger partial charge on any atom is -0.348 e. The molecule has 0 N–H and O–H groups in total. The molecule has 0 bridgehead atoms. The minimum absolute atomic E-state index is 0.121. The van der Waals surface area contributed by atoms with E-state index in [0.29, 0.717) is 25.9 Å². The third-order valence-corrected chi connectivity index (χ3v) is 6.06. The summed E-state index contributed by atoms with van der Waals surface area (Å²) >= 11 is 1.69. The number of benzene rings is 1. The Bertz CT molecular complexity index is 783. The molecular weight excluding hydrogens is 356 g/mol. The zero-order chi connectivity index (χ0) is 19.4. The second-order valence-corrected chi connectivity index (χ2v) is 8.46. The van der Waals surface area contributed by atoms with Crippen LogP contribution in [0.2, 0.25) is 0 Å². The van der Waals surface area contributed by atoms with E-state index >= 15 is 0 Å². The van der Waals surface area contributed by atoms with E-state index in [1.165, 1.54) is 11.1 Å². The Morgan fingerprint density at radius 2 is 1.89 bits per heavy atom. The highest BCUT2D eigenvalue weighted by molar-refractivity contribution is 7.08. The molecule has 1 aromatic carbocycles. The maximum atomic E-state index is 13.0. The van der Waals surface area contributed by atoms with Crippen LogP contribution in [0.5, 0.6) is 0 Å². The van der Waals surface area contributed by atoms with Crippen LogP contribution >= 0.6 is 11.3 Å². The third-order valence-electron chi connectivity index (χ3n) is 5.38. The SMILES string of the molecule is CCCC(=O)N1CC[C@](Cc2ccc(-c3ccsc3)cc2)(C(=O)N(C)C)C1. The summed E-state index contributed by atoms with van der Waals surface area (Å²) in [5.41, 5.74) is 3.05. The van der Waals surface area contributed by atoms with Gasteiger partial charge < -0.3 is 9.80 Å². The van der Waals surface area contributed by atoms with Crippen LogP contribution in [0.4, 0.5) is 0 Å². The summed E-state index contributed by atoms with van der Waals surface area (Å²) in [6.07, 6.45) is 2.80. The van der Waals surface area contributed by atoms with Crippen LogP contribution in [0.1, 0.15) is 31.7 Å². The van der Waals surface area contributed by atoms with Crippen molar-refractivity contribution in [2.45, 2.75) is 32.6 Å². The molecule has 2 heterocycles. The van der Waals surface area contributed by atoms with Gasteiger partial charge in [0, 0.05) is 33.6 Å². The van der Waals surface area contributed by atoms with E-state index in [1.807, 2.05) is 11.8 Å². The van der Waals surface area contributed by atoms with E-state index < -0.39 is 5.41 Å². The van der Waals surface area contributed by atoms with Crippen LogP contribution in [-0.4, -0.2) is 48.8 Å². The van der Waals surface area contributed by atoms with Crippen LogP contribution in [0.3, 0.4) is 0 Å². The molecule has 1 aliphatic heterocycles. The Labute approximate surface area is 165 Å². The van der Waals surface area contributed by atoms with E-state index in [9.17, 15) is 9.59 Å². The lowest BCUT2D eigenvalue weighted by Crippen LogP contribution is -2.44. The van der Waals surface area contributed by atoms with Crippen molar-refractivity contribution in [1.29, 1.82) is 0 Å². The number of rotatable bonds is 6. The molecule has 0 spiro atoms. The Balaban J connectivity index is 1.80. The number of hydrogen-bond donors (Lipinski definition) is 0. The molecule has 1 saturated heterocycles. The predicted molar refractivity (Wildman–Crippen MR) is 111 cm³/mol. The molecule has 0 unspecified atom stereocenters. The fourth-order valence-electron chi connectivity index (χ4n) is 3.96. The normalized spacial score (nSPS) is 19.3. The summed E-state index contributed by atoms with van der Waals surface area (Å²) in [7, 11) is 3.61. The summed E-state index contributed by atoms with van der Waals surface area (Å²) in [5, 5.41) is 4.22. The zero-order valence-corrected chi connectivity index (χ0v) is 17.2. The fraction of sp³-hybridized carbons (Fsp3) is 0.455. The molecule has 0 aliphatic carbocycles. The number of nitrogens with zero attached hydrogens (tertiary/aromatic N) is 2. The smallest absolute Gasteiger partial charge is 0.230 e. The number of carbonyl (C=O) groups excluding carboxylic acids is 2. The van der Waals surface area contributed by atoms with Gasteiger partial charge in [-0.15, -0.1) is 0 Å². The van der Waals surface area contributed by atoms with Gasteiger partial charge in [0.25, 0.3) is 0 Å². The highest BCUT2D eigenvalue weighted by Gasteiger charge is 2.46. The monoisotopic (exact) mass is 384 g/mol. The second-order valence-electron chi connectivity index (χ2n) is 7.68. The molecule has 144 valence electrons. The first-order valence-electron chi connectivity index (χ1n) is 9.56. The van der Waals surface area contributed by atoms with Gasteiger partial charge in [0.15, 0.2) is 0 Å². The summed E-state index contributed by atoms with van der Waals surface area (Å²) in [6.45, 7) is 3.21. The van der Waals surface area contributed by atoms with Crippen molar-refractivity contribution in [3.63, 3.8) is 0 Å². The summed E-state index contributed by atoms with van der Waals surface area (Å²) in [5.74, 6) is 0.287. The molecule has 1 aliphatic rings.